The molecule has 0 saturated heterocycles. The first-order chi connectivity index (χ1) is 17.5. The van der Waals surface area contributed by atoms with Crippen LogP contribution in [0.4, 0.5) is 9.18 Å². The molecular formula is C27H27ClFN3O5. The van der Waals surface area contributed by atoms with Crippen molar-refractivity contribution in [2.45, 2.75) is 38.4 Å². The van der Waals surface area contributed by atoms with Crippen LogP contribution in [0.1, 0.15) is 42.3 Å². The van der Waals surface area contributed by atoms with Gasteiger partial charge in [0.15, 0.2) is 11.4 Å². The first-order valence-electron chi connectivity index (χ1n) is 11.5. The van der Waals surface area contributed by atoms with Gasteiger partial charge in [-0.05, 0) is 38.5 Å². The predicted molar refractivity (Wildman–Crippen MR) is 136 cm³/mol. The normalized spacial score (nSPS) is 16.5. The fourth-order valence-electron chi connectivity index (χ4n) is 4.35. The average molecular weight is 528 g/mol. The van der Waals surface area contributed by atoms with E-state index >= 15 is 4.39 Å². The smallest absolute Gasteiger partial charge is 0.407 e. The third-order valence-electron chi connectivity index (χ3n) is 5.90. The minimum absolute atomic E-state index is 0.0441. The number of carbonyl (C=O) groups is 2. The molecule has 37 heavy (non-hydrogen) atoms. The molecule has 10 heteroatoms. The van der Waals surface area contributed by atoms with Crippen LogP contribution >= 0.6 is 11.6 Å². The number of fused-ring (bicyclic) bond motifs is 1. The molecule has 8 nitrogen and oxygen atoms in total. The van der Waals surface area contributed by atoms with Crippen molar-refractivity contribution < 1.29 is 28.2 Å². The van der Waals surface area contributed by atoms with Gasteiger partial charge in [0.05, 0.1) is 19.2 Å². The summed E-state index contributed by atoms with van der Waals surface area (Å²) in [7, 11) is 1.27. The molecule has 3 N–H and O–H groups in total. The summed E-state index contributed by atoms with van der Waals surface area (Å²) in [6.45, 7) is 5.35. The third kappa shape index (κ3) is 5.17. The highest BCUT2D eigenvalue weighted by molar-refractivity contribution is 6.34. The van der Waals surface area contributed by atoms with Crippen molar-refractivity contribution in [2.24, 2.45) is 5.73 Å². The molecule has 0 aliphatic carbocycles. The highest BCUT2D eigenvalue weighted by atomic mass is 35.5. The number of halogens is 2. The molecular weight excluding hydrogens is 501 g/mol. The van der Waals surface area contributed by atoms with E-state index in [1.54, 1.807) is 32.9 Å². The number of hydrogen-bond acceptors (Lipinski definition) is 6. The molecule has 2 amide bonds. The van der Waals surface area contributed by atoms with E-state index in [0.29, 0.717) is 11.3 Å². The Balaban J connectivity index is 1.84. The lowest BCUT2D eigenvalue weighted by atomic mass is 9.85. The molecule has 0 fully saturated rings. The number of amides is 2. The number of nitrogens with one attached hydrogen (secondary N) is 1. The zero-order valence-electron chi connectivity index (χ0n) is 20.9. The SMILES string of the molecule is COc1ncc(C(N)=O)c(-c2c(Cl)ccc3c2CC(CNC(=O)OC(C)(C)C)(c2ccccc2)O3)c1F. The van der Waals surface area contributed by atoms with E-state index in [1.165, 1.54) is 7.11 Å². The fraction of sp³-hybridized carbons (Fsp3) is 0.296. The van der Waals surface area contributed by atoms with Crippen molar-refractivity contribution in [3.05, 3.63) is 76.2 Å². The van der Waals surface area contributed by atoms with Crippen LogP contribution in [0.5, 0.6) is 11.6 Å². The number of alkyl carbamates (subject to hydrolysis) is 1. The van der Waals surface area contributed by atoms with Crippen molar-refractivity contribution >= 4 is 23.6 Å². The molecule has 3 aromatic rings. The van der Waals surface area contributed by atoms with Crippen molar-refractivity contribution in [3.8, 4) is 22.8 Å². The van der Waals surface area contributed by atoms with Crippen molar-refractivity contribution in [1.29, 1.82) is 0 Å². The molecule has 1 atom stereocenters. The topological polar surface area (TPSA) is 113 Å². The predicted octanol–water partition coefficient (Wildman–Crippen LogP) is 5.00. The second-order valence-corrected chi connectivity index (χ2v) is 10.0. The zero-order chi connectivity index (χ0) is 27.0. The number of nitrogens with two attached hydrogens (primary N) is 1. The minimum atomic E-state index is -1.07. The number of rotatable bonds is 6. The van der Waals surface area contributed by atoms with Gasteiger partial charge in [0.2, 0.25) is 0 Å². The van der Waals surface area contributed by atoms with Crippen LogP contribution in [0.15, 0.2) is 48.7 Å². The number of pyridine rings is 1. The van der Waals surface area contributed by atoms with E-state index < -0.39 is 29.0 Å². The molecule has 2 heterocycles. The Morgan fingerprint density at radius 2 is 1.89 bits per heavy atom. The Hall–Kier alpha value is -3.85. The van der Waals surface area contributed by atoms with Crippen LogP contribution in [0.3, 0.4) is 0 Å². The number of primary amides is 1. The number of nitrogens with zero attached hydrogens (tertiary/aromatic N) is 1. The molecule has 0 bridgehead atoms. The summed E-state index contributed by atoms with van der Waals surface area (Å²) >= 11 is 6.60. The first kappa shape index (κ1) is 26.2. The molecule has 0 spiro atoms. The third-order valence-corrected chi connectivity index (χ3v) is 6.22. The van der Waals surface area contributed by atoms with Gasteiger partial charge in [-0.1, -0.05) is 41.9 Å². The lowest BCUT2D eigenvalue weighted by Crippen LogP contribution is -2.45. The Morgan fingerprint density at radius 3 is 2.51 bits per heavy atom. The van der Waals surface area contributed by atoms with Gasteiger partial charge >= 0.3 is 6.09 Å². The maximum Gasteiger partial charge on any atom is 0.407 e. The highest BCUT2D eigenvalue weighted by Crippen LogP contribution is 2.49. The van der Waals surface area contributed by atoms with E-state index in [4.69, 9.17) is 31.5 Å². The Kier molecular flexibility index (Phi) is 7.01. The van der Waals surface area contributed by atoms with E-state index in [9.17, 15) is 9.59 Å². The van der Waals surface area contributed by atoms with E-state index in [-0.39, 0.29) is 40.6 Å². The van der Waals surface area contributed by atoms with Crippen LogP contribution in [-0.4, -0.2) is 36.2 Å². The molecule has 1 aliphatic heterocycles. The number of ether oxygens (including phenoxy) is 3. The number of methoxy groups -OCH3 is 1. The fourth-order valence-corrected chi connectivity index (χ4v) is 4.62. The molecule has 194 valence electrons. The van der Waals surface area contributed by atoms with Gasteiger partial charge in [0.25, 0.3) is 11.8 Å². The van der Waals surface area contributed by atoms with Gasteiger partial charge in [-0.15, -0.1) is 0 Å². The summed E-state index contributed by atoms with van der Waals surface area (Å²) in [5.41, 5.74) is 5.07. The standard InChI is InChI=1S/C27H27ClFN3O5/c1-26(2,3)37-25(34)32-14-27(15-8-6-5-7-9-15)12-16-19(36-27)11-10-18(28)20(16)21-17(23(30)33)13-31-24(35-4)22(21)29/h5-11,13H,12,14H2,1-4H3,(H2,30,33)(H,32,34). The van der Waals surface area contributed by atoms with E-state index in [1.807, 2.05) is 30.3 Å². The maximum absolute atomic E-state index is 15.6. The quantitative estimate of drug-likeness (QED) is 0.466. The van der Waals surface area contributed by atoms with Gasteiger partial charge in [-0.25, -0.2) is 14.2 Å². The largest absolute Gasteiger partial charge is 0.480 e. The molecule has 2 aromatic carbocycles. The average Bonchev–Trinajstić information content (AvgIpc) is 3.22. The van der Waals surface area contributed by atoms with Gasteiger partial charge in [0, 0.05) is 34.3 Å². The summed E-state index contributed by atoms with van der Waals surface area (Å²) in [6.07, 6.45) is 0.737. The molecule has 1 aromatic heterocycles. The van der Waals surface area contributed by atoms with Gasteiger partial charge in [-0.3, -0.25) is 4.79 Å². The summed E-state index contributed by atoms with van der Waals surface area (Å²) < 4.78 is 32.5. The molecule has 0 radical (unpaired) electrons. The maximum atomic E-state index is 15.6. The lowest BCUT2D eigenvalue weighted by Gasteiger charge is -2.30. The van der Waals surface area contributed by atoms with E-state index in [2.05, 4.69) is 10.3 Å². The lowest BCUT2D eigenvalue weighted by molar-refractivity contribution is 0.0415. The number of benzene rings is 2. The second-order valence-electron chi connectivity index (χ2n) is 9.63. The van der Waals surface area contributed by atoms with Gasteiger partial charge < -0.3 is 25.3 Å². The van der Waals surface area contributed by atoms with Crippen LogP contribution in [0.25, 0.3) is 11.1 Å². The first-order valence-corrected chi connectivity index (χ1v) is 11.9. The van der Waals surface area contributed by atoms with Crippen LogP contribution < -0.4 is 20.5 Å². The highest BCUT2D eigenvalue weighted by Gasteiger charge is 2.44. The monoisotopic (exact) mass is 527 g/mol. The summed E-state index contributed by atoms with van der Waals surface area (Å²) in [5.74, 6) is -1.65. The Bertz CT molecular complexity index is 1360. The van der Waals surface area contributed by atoms with Crippen molar-refractivity contribution in [2.75, 3.05) is 13.7 Å². The molecule has 1 aliphatic rings. The molecule has 0 saturated carbocycles. The van der Waals surface area contributed by atoms with E-state index in [0.717, 1.165) is 11.8 Å². The summed E-state index contributed by atoms with van der Waals surface area (Å²) in [4.78, 5) is 28.6. The van der Waals surface area contributed by atoms with Crippen LogP contribution in [0.2, 0.25) is 5.02 Å². The van der Waals surface area contributed by atoms with Crippen molar-refractivity contribution in [1.82, 2.24) is 10.3 Å². The van der Waals surface area contributed by atoms with Gasteiger partial charge in [-0.2, -0.15) is 0 Å². The number of hydrogen-bond donors (Lipinski definition) is 2. The zero-order valence-corrected chi connectivity index (χ0v) is 21.6. The minimum Gasteiger partial charge on any atom is -0.480 e. The van der Waals surface area contributed by atoms with Crippen LogP contribution in [0, 0.1) is 5.82 Å². The Labute approximate surface area is 218 Å². The van der Waals surface area contributed by atoms with Crippen LogP contribution in [-0.2, 0) is 16.8 Å². The summed E-state index contributed by atoms with van der Waals surface area (Å²) in [5, 5.41) is 2.97. The number of aromatic nitrogens is 1. The summed E-state index contributed by atoms with van der Waals surface area (Å²) in [6, 6.07) is 12.5. The van der Waals surface area contributed by atoms with Crippen molar-refractivity contribution in [3.63, 3.8) is 0 Å². The Morgan fingerprint density at radius 1 is 1.19 bits per heavy atom. The second kappa shape index (κ2) is 9.89. The molecule has 1 unspecified atom stereocenters. The van der Waals surface area contributed by atoms with Gasteiger partial charge in [0.1, 0.15) is 11.4 Å². The molecule has 4 rings (SSSR count). The number of carbonyl (C=O) groups excluding carboxylic acids is 2.